The normalized spacial score (nSPS) is 12.8. The van der Waals surface area contributed by atoms with Crippen molar-refractivity contribution in [2.75, 3.05) is 14.1 Å². The predicted molar refractivity (Wildman–Crippen MR) is 32.7 cm³/mol. The zero-order valence-corrected chi connectivity index (χ0v) is 5.06. The fourth-order valence-electron chi connectivity index (χ4n) is 0.287. The highest BCUT2D eigenvalue weighted by atomic mass is 16.2. The number of likely N-dealkylation sites (N-methyl/N-ethyl adjacent to an activating group) is 2. The Morgan fingerprint density at radius 2 is 2.12 bits per heavy atom. The first kappa shape index (κ1) is 7.49. The van der Waals surface area contributed by atoms with Crippen molar-refractivity contribution in [3.63, 3.8) is 0 Å². The minimum atomic E-state index is -0.583. The lowest BCUT2D eigenvalue weighted by atomic mass is 9.96. The molecule has 2 radical (unpaired) electrons. The van der Waals surface area contributed by atoms with Gasteiger partial charge in [-0.1, -0.05) is 0 Å². The van der Waals surface area contributed by atoms with Gasteiger partial charge in [0, 0.05) is 13.0 Å². The van der Waals surface area contributed by atoms with Gasteiger partial charge < -0.3 is 10.6 Å². The second-order valence-corrected chi connectivity index (χ2v) is 1.38. The molecule has 0 spiro atoms. The van der Waals surface area contributed by atoms with Gasteiger partial charge in [0.2, 0.25) is 5.91 Å². The van der Waals surface area contributed by atoms with E-state index in [9.17, 15) is 4.79 Å². The molecule has 44 valence electrons. The molecule has 2 N–H and O–H groups in total. The van der Waals surface area contributed by atoms with Gasteiger partial charge in [0.25, 0.3) is 0 Å². The van der Waals surface area contributed by atoms with Crippen LogP contribution in [0.3, 0.4) is 0 Å². The molecule has 0 saturated carbocycles. The molecule has 0 aliphatic carbocycles. The second-order valence-electron chi connectivity index (χ2n) is 1.38. The van der Waals surface area contributed by atoms with E-state index in [1.54, 1.807) is 14.1 Å². The monoisotopic (exact) mass is 112 g/mol. The van der Waals surface area contributed by atoms with Crippen molar-refractivity contribution >= 4 is 13.8 Å². The van der Waals surface area contributed by atoms with Crippen LogP contribution in [0.25, 0.3) is 0 Å². The van der Waals surface area contributed by atoms with Crippen LogP contribution in [0.1, 0.15) is 0 Å². The highest BCUT2D eigenvalue weighted by Gasteiger charge is 2.04. The number of nitrogens with one attached hydrogen (secondary N) is 2. The lowest BCUT2D eigenvalue weighted by Gasteiger charge is -2.06. The first-order valence-corrected chi connectivity index (χ1v) is 2.36. The van der Waals surface area contributed by atoms with Crippen LogP contribution in [-0.4, -0.2) is 33.8 Å². The molecule has 1 unspecified atom stereocenters. The highest BCUT2D eigenvalue weighted by molar-refractivity contribution is 6.23. The SMILES string of the molecule is [B]C(NC)C(=O)NC. The molecule has 0 aromatic heterocycles. The van der Waals surface area contributed by atoms with Crippen LogP contribution >= 0.6 is 0 Å². The lowest BCUT2D eigenvalue weighted by Crippen LogP contribution is -2.41. The lowest BCUT2D eigenvalue weighted by molar-refractivity contribution is -0.120. The summed E-state index contributed by atoms with van der Waals surface area (Å²) < 4.78 is 0. The van der Waals surface area contributed by atoms with Gasteiger partial charge in [-0.05, 0) is 7.05 Å². The van der Waals surface area contributed by atoms with Crippen molar-refractivity contribution in [2.45, 2.75) is 5.94 Å². The molecule has 0 aliphatic heterocycles. The van der Waals surface area contributed by atoms with Gasteiger partial charge in [-0.25, -0.2) is 0 Å². The van der Waals surface area contributed by atoms with Crippen molar-refractivity contribution in [1.82, 2.24) is 10.6 Å². The second kappa shape index (κ2) is 3.49. The molecule has 0 rings (SSSR count). The quantitative estimate of drug-likeness (QED) is 0.424. The third-order valence-electron chi connectivity index (χ3n) is 0.840. The van der Waals surface area contributed by atoms with Gasteiger partial charge in [0.15, 0.2) is 0 Å². The molecular formula is C4H9BN2O. The molecule has 8 heavy (non-hydrogen) atoms. The summed E-state index contributed by atoms with van der Waals surface area (Å²) in [5.74, 6) is -0.785. The minimum Gasteiger partial charge on any atom is -0.359 e. The molecule has 0 aliphatic rings. The van der Waals surface area contributed by atoms with E-state index in [-0.39, 0.29) is 5.91 Å². The Morgan fingerprint density at radius 1 is 1.62 bits per heavy atom. The molecule has 4 heteroatoms. The summed E-state index contributed by atoms with van der Waals surface area (Å²) in [7, 11) is 8.37. The highest BCUT2D eigenvalue weighted by Crippen LogP contribution is 1.69. The van der Waals surface area contributed by atoms with Gasteiger partial charge in [-0.15, -0.1) is 0 Å². The summed E-state index contributed by atoms with van der Waals surface area (Å²) >= 11 is 0. The van der Waals surface area contributed by atoms with Gasteiger partial charge >= 0.3 is 0 Å². The van der Waals surface area contributed by atoms with Crippen molar-refractivity contribution in [1.29, 1.82) is 0 Å². The maximum atomic E-state index is 10.4. The average molecular weight is 112 g/mol. The molecule has 0 bridgehead atoms. The van der Waals surface area contributed by atoms with E-state index in [0.29, 0.717) is 0 Å². The third-order valence-corrected chi connectivity index (χ3v) is 0.840. The molecule has 0 fully saturated rings. The number of carbonyl (C=O) groups is 1. The van der Waals surface area contributed by atoms with Crippen LogP contribution in [0.4, 0.5) is 0 Å². The number of rotatable bonds is 2. The van der Waals surface area contributed by atoms with E-state index in [1.165, 1.54) is 0 Å². The van der Waals surface area contributed by atoms with E-state index >= 15 is 0 Å². The Morgan fingerprint density at radius 3 is 2.25 bits per heavy atom. The average Bonchev–Trinajstić information content (AvgIpc) is 1.84. The molecule has 3 nitrogen and oxygen atoms in total. The molecule has 1 amide bonds. The number of carbonyl (C=O) groups excluding carboxylic acids is 1. The summed E-state index contributed by atoms with van der Waals surface area (Å²) in [4.78, 5) is 10.4. The number of hydrogen-bond donors (Lipinski definition) is 2. The van der Waals surface area contributed by atoms with Gasteiger partial charge in [0.1, 0.15) is 7.85 Å². The molecule has 1 atom stereocenters. The first-order chi connectivity index (χ1) is 3.72. The Labute approximate surface area is 50.2 Å². The van der Waals surface area contributed by atoms with Crippen LogP contribution in [0.15, 0.2) is 0 Å². The van der Waals surface area contributed by atoms with E-state index in [2.05, 4.69) is 10.6 Å². The summed E-state index contributed by atoms with van der Waals surface area (Å²) in [5.41, 5.74) is 0. The maximum absolute atomic E-state index is 10.4. The molecule has 0 aromatic carbocycles. The fraction of sp³-hybridized carbons (Fsp3) is 0.750. The summed E-state index contributed by atoms with van der Waals surface area (Å²) in [6.07, 6.45) is 0. The maximum Gasteiger partial charge on any atom is 0.227 e. The molecule has 0 heterocycles. The van der Waals surface area contributed by atoms with Gasteiger partial charge in [-0.2, -0.15) is 0 Å². The Hall–Kier alpha value is -0.505. The van der Waals surface area contributed by atoms with Crippen LogP contribution in [-0.2, 0) is 4.79 Å². The van der Waals surface area contributed by atoms with Crippen LogP contribution in [0.5, 0.6) is 0 Å². The number of hydrogen-bond acceptors (Lipinski definition) is 2. The molecule has 0 aromatic rings. The Kier molecular flexibility index (Phi) is 3.27. The summed E-state index contributed by atoms with van der Waals surface area (Å²) in [6, 6.07) is 0. The van der Waals surface area contributed by atoms with Crippen LogP contribution in [0, 0.1) is 0 Å². The predicted octanol–water partition coefficient (Wildman–Crippen LogP) is -1.55. The van der Waals surface area contributed by atoms with Crippen molar-refractivity contribution in [3.05, 3.63) is 0 Å². The number of amides is 1. The standard InChI is InChI=1S/C4H9BN2O/c1-6-3(5)4(8)7-2/h3,6H,1-2H3,(H,7,8). The van der Waals surface area contributed by atoms with Crippen molar-refractivity contribution < 1.29 is 4.79 Å². The third kappa shape index (κ3) is 1.98. The van der Waals surface area contributed by atoms with E-state index in [4.69, 9.17) is 7.85 Å². The summed E-state index contributed by atoms with van der Waals surface area (Å²) in [5, 5.41) is 4.97. The fourth-order valence-corrected chi connectivity index (χ4v) is 0.287. The van der Waals surface area contributed by atoms with E-state index in [0.717, 1.165) is 0 Å². The van der Waals surface area contributed by atoms with Crippen molar-refractivity contribution in [3.8, 4) is 0 Å². The Balaban J connectivity index is 3.46. The first-order valence-electron chi connectivity index (χ1n) is 2.36. The van der Waals surface area contributed by atoms with Crippen molar-refractivity contribution in [2.24, 2.45) is 0 Å². The van der Waals surface area contributed by atoms with Gasteiger partial charge in [0.05, 0.1) is 0 Å². The topological polar surface area (TPSA) is 41.1 Å². The zero-order valence-electron chi connectivity index (χ0n) is 5.06. The van der Waals surface area contributed by atoms with Crippen LogP contribution in [0.2, 0.25) is 0 Å². The largest absolute Gasteiger partial charge is 0.359 e. The van der Waals surface area contributed by atoms with E-state index < -0.39 is 5.94 Å². The molecule has 0 saturated heterocycles. The zero-order chi connectivity index (χ0) is 6.57. The summed E-state index contributed by atoms with van der Waals surface area (Å²) in [6.45, 7) is 0. The van der Waals surface area contributed by atoms with E-state index in [1.807, 2.05) is 0 Å². The minimum absolute atomic E-state index is 0.201. The Bertz CT molecular complexity index is 86.1. The molecular weight excluding hydrogens is 103 g/mol. The van der Waals surface area contributed by atoms with Gasteiger partial charge in [-0.3, -0.25) is 4.79 Å². The van der Waals surface area contributed by atoms with Crippen LogP contribution < -0.4 is 10.6 Å². The smallest absolute Gasteiger partial charge is 0.227 e.